The summed E-state index contributed by atoms with van der Waals surface area (Å²) in [5, 5.41) is 66.2. The van der Waals surface area contributed by atoms with Crippen LogP contribution in [0.4, 0.5) is 0 Å². The predicted molar refractivity (Wildman–Crippen MR) is 133 cm³/mol. The lowest BCUT2D eigenvalue weighted by atomic mass is 9.54. The number of carbonyl (C=O) groups is 2. The lowest BCUT2D eigenvalue weighted by Gasteiger charge is -2.56. The molecule has 1 aliphatic heterocycles. The number of hydroxylamine groups is 2. The summed E-state index contributed by atoms with van der Waals surface area (Å²) in [5.41, 5.74) is 0.754. The number of phenolic OH excluding ortho intramolecular Hbond substituents is 1. The first kappa shape index (κ1) is 26.2. The van der Waals surface area contributed by atoms with Gasteiger partial charge >= 0.3 is 0 Å². The molecule has 12 nitrogen and oxygen atoms in total. The number of amides is 1. The Morgan fingerprint density at radius 1 is 1.26 bits per heavy atom. The molecular formula is C26H32N4O8. The number of amidine groups is 1. The summed E-state index contributed by atoms with van der Waals surface area (Å²) >= 11 is 0. The Kier molecular flexibility index (Phi) is 5.87. The zero-order valence-electron chi connectivity index (χ0n) is 21.4. The van der Waals surface area contributed by atoms with Gasteiger partial charge in [0.2, 0.25) is 0 Å². The van der Waals surface area contributed by atoms with Crippen LogP contribution in [-0.2, 0) is 22.6 Å². The van der Waals surface area contributed by atoms with Crippen molar-refractivity contribution in [3.05, 3.63) is 51.5 Å². The van der Waals surface area contributed by atoms with Crippen molar-refractivity contribution in [2.75, 3.05) is 20.7 Å². The topological polar surface area (TPSA) is 201 Å². The number of nitrogens with two attached hydrogens (primary N) is 1. The van der Waals surface area contributed by atoms with Gasteiger partial charge in [0.15, 0.2) is 11.4 Å². The molecule has 4 aliphatic rings. The molecule has 1 aromatic rings. The molecule has 1 fully saturated rings. The van der Waals surface area contributed by atoms with E-state index in [-0.39, 0.29) is 36.3 Å². The SMILES string of the molecule is CN(C)[C@@H]1C(O)=C(C(N)=O)C(C)(O)[C@@]2(O)C(O)=C3C(=O)c4c(O)ccc(CN5OCCC5=N)c4C[C@H]3C[C@@H]12. The number of Topliss-reactive ketones (excluding diaryl/α,β-unsaturated/α-hetero) is 1. The number of aliphatic hydroxyl groups is 4. The number of aromatic hydroxyl groups is 1. The molecule has 1 unspecified atom stereocenters. The van der Waals surface area contributed by atoms with E-state index in [0.717, 1.165) is 6.92 Å². The van der Waals surface area contributed by atoms with Crippen LogP contribution in [0.3, 0.4) is 0 Å². The first-order chi connectivity index (χ1) is 17.7. The fourth-order valence-corrected chi connectivity index (χ4v) is 6.79. The van der Waals surface area contributed by atoms with Gasteiger partial charge in [-0.15, -0.1) is 0 Å². The van der Waals surface area contributed by atoms with Gasteiger partial charge in [-0.2, -0.15) is 0 Å². The van der Waals surface area contributed by atoms with Crippen LogP contribution in [0.5, 0.6) is 5.75 Å². The summed E-state index contributed by atoms with van der Waals surface area (Å²) in [5.74, 6) is -4.90. The van der Waals surface area contributed by atoms with Crippen LogP contribution >= 0.6 is 0 Å². The van der Waals surface area contributed by atoms with E-state index < -0.39 is 57.9 Å². The van der Waals surface area contributed by atoms with E-state index in [9.17, 15) is 35.1 Å². The third-order valence-corrected chi connectivity index (χ3v) is 8.56. The standard InChI is InChI=1S/C26H32N4O8/c1-25(36)19(24(28)35)22(33)20(29(2)3)14-9-12-8-13-11(10-30-16(27)6-7-38-30)4-5-15(31)18(13)21(32)17(12)23(34)26(14,25)37/h4-5,12,14,20,27,31,33-34,36-37H,6-10H2,1-3H3,(H2,28,35)/t12-,14-,20-,25?,26-/m0/s1. The maximum absolute atomic E-state index is 13.8. The Balaban J connectivity index is 1.68. The number of ketones is 1. The van der Waals surface area contributed by atoms with Gasteiger partial charge in [0.25, 0.3) is 5.91 Å². The highest BCUT2D eigenvalue weighted by Gasteiger charge is 2.68. The van der Waals surface area contributed by atoms with E-state index in [1.54, 1.807) is 25.1 Å². The second-order valence-electron chi connectivity index (χ2n) is 10.9. The number of nitrogens with zero attached hydrogens (tertiary/aromatic N) is 2. The number of hydrogen-bond acceptors (Lipinski definition) is 10. The van der Waals surface area contributed by atoms with Crippen LogP contribution in [0.25, 0.3) is 0 Å². The molecule has 12 heteroatoms. The first-order valence-corrected chi connectivity index (χ1v) is 12.4. The number of nitrogens with one attached hydrogen (secondary N) is 1. The van der Waals surface area contributed by atoms with Crippen molar-refractivity contribution in [2.45, 2.75) is 50.0 Å². The number of primary amides is 1. The van der Waals surface area contributed by atoms with E-state index in [4.69, 9.17) is 16.0 Å². The van der Waals surface area contributed by atoms with Crippen molar-refractivity contribution >= 4 is 17.5 Å². The highest BCUT2D eigenvalue weighted by atomic mass is 16.7. The van der Waals surface area contributed by atoms with Crippen LogP contribution in [0.15, 0.2) is 34.8 Å². The molecule has 0 spiro atoms. The quantitative estimate of drug-likeness (QED) is 0.287. The largest absolute Gasteiger partial charge is 0.510 e. The highest BCUT2D eigenvalue weighted by molar-refractivity contribution is 6.13. The van der Waals surface area contributed by atoms with Crippen molar-refractivity contribution < 1.29 is 40.0 Å². The van der Waals surface area contributed by atoms with Gasteiger partial charge in [-0.25, -0.2) is 5.06 Å². The van der Waals surface area contributed by atoms with E-state index >= 15 is 0 Å². The zero-order chi connectivity index (χ0) is 27.9. The van der Waals surface area contributed by atoms with Gasteiger partial charge in [-0.3, -0.25) is 24.7 Å². The summed E-state index contributed by atoms with van der Waals surface area (Å²) in [7, 11) is 3.22. The first-order valence-electron chi connectivity index (χ1n) is 12.4. The fraction of sp³-hybridized carbons (Fsp3) is 0.500. The summed E-state index contributed by atoms with van der Waals surface area (Å²) < 4.78 is 0. The van der Waals surface area contributed by atoms with Crippen LogP contribution in [0, 0.1) is 17.2 Å². The number of carbonyl (C=O) groups excluding carboxylic acids is 2. The van der Waals surface area contributed by atoms with Crippen molar-refractivity contribution in [3.63, 3.8) is 0 Å². The molecule has 0 bridgehead atoms. The average molecular weight is 529 g/mol. The van der Waals surface area contributed by atoms with Gasteiger partial charge in [-0.05, 0) is 57.0 Å². The van der Waals surface area contributed by atoms with E-state index in [0.29, 0.717) is 30.0 Å². The summed E-state index contributed by atoms with van der Waals surface area (Å²) in [6.45, 7) is 1.62. The number of benzene rings is 1. The molecule has 1 saturated heterocycles. The molecule has 1 aromatic carbocycles. The van der Waals surface area contributed by atoms with Crippen LogP contribution in [0.2, 0.25) is 0 Å². The minimum absolute atomic E-state index is 0.0406. The molecule has 0 radical (unpaired) electrons. The Morgan fingerprint density at radius 2 is 1.95 bits per heavy atom. The molecule has 0 aromatic heterocycles. The molecule has 8 N–H and O–H groups in total. The van der Waals surface area contributed by atoms with Crippen molar-refractivity contribution in [1.82, 2.24) is 9.96 Å². The Bertz CT molecular complexity index is 1330. The third kappa shape index (κ3) is 3.34. The smallest absolute Gasteiger partial charge is 0.251 e. The highest BCUT2D eigenvalue weighted by Crippen LogP contribution is 2.56. The minimum atomic E-state index is -2.54. The van der Waals surface area contributed by atoms with E-state index in [1.165, 1.54) is 11.1 Å². The van der Waals surface area contributed by atoms with Crippen LogP contribution in [-0.4, -0.2) is 91.0 Å². The molecule has 0 saturated carbocycles. The van der Waals surface area contributed by atoms with Gasteiger partial charge in [-0.1, -0.05) is 6.07 Å². The summed E-state index contributed by atoms with van der Waals surface area (Å²) in [6.07, 6.45) is 0.716. The lowest BCUT2D eigenvalue weighted by Crippen LogP contribution is -2.70. The average Bonchev–Trinajstić information content (AvgIpc) is 3.21. The summed E-state index contributed by atoms with van der Waals surface area (Å²) in [4.78, 5) is 33.2. The Hall–Kier alpha value is -3.45. The molecule has 5 rings (SSSR count). The third-order valence-electron chi connectivity index (χ3n) is 8.56. The maximum atomic E-state index is 13.8. The molecule has 204 valence electrons. The number of rotatable bonds is 4. The molecule has 5 atom stereocenters. The van der Waals surface area contributed by atoms with Crippen molar-refractivity contribution in [3.8, 4) is 5.75 Å². The van der Waals surface area contributed by atoms with Gasteiger partial charge in [0.1, 0.15) is 28.7 Å². The van der Waals surface area contributed by atoms with Gasteiger partial charge < -0.3 is 31.3 Å². The Labute approximate surface area is 218 Å². The molecule has 1 heterocycles. The monoisotopic (exact) mass is 528 g/mol. The van der Waals surface area contributed by atoms with Crippen LogP contribution < -0.4 is 5.73 Å². The lowest BCUT2D eigenvalue weighted by molar-refractivity contribution is -0.183. The van der Waals surface area contributed by atoms with Crippen LogP contribution in [0.1, 0.15) is 41.3 Å². The van der Waals surface area contributed by atoms with Crippen molar-refractivity contribution in [1.29, 1.82) is 5.41 Å². The van der Waals surface area contributed by atoms with E-state index in [2.05, 4.69) is 0 Å². The minimum Gasteiger partial charge on any atom is -0.510 e. The molecular weight excluding hydrogens is 496 g/mol. The second kappa shape index (κ2) is 8.53. The zero-order valence-corrected chi connectivity index (χ0v) is 21.4. The maximum Gasteiger partial charge on any atom is 0.251 e. The Morgan fingerprint density at radius 3 is 2.53 bits per heavy atom. The number of aliphatic hydroxyl groups excluding tert-OH is 2. The summed E-state index contributed by atoms with van der Waals surface area (Å²) in [6, 6.07) is 2.01. The second-order valence-corrected chi connectivity index (χ2v) is 10.9. The van der Waals surface area contributed by atoms with E-state index in [1.807, 2.05) is 0 Å². The molecule has 1 amide bonds. The number of hydrogen-bond donors (Lipinski definition) is 7. The predicted octanol–water partition coefficient (Wildman–Crippen LogP) is 0.417. The fourth-order valence-electron chi connectivity index (χ4n) is 6.79. The normalized spacial score (nSPS) is 33.0. The number of phenols is 1. The molecule has 3 aliphatic carbocycles. The van der Waals surface area contributed by atoms with Gasteiger partial charge in [0, 0.05) is 17.9 Å². The molecule has 38 heavy (non-hydrogen) atoms. The number of fused-ring (bicyclic) bond motifs is 3. The van der Waals surface area contributed by atoms with Gasteiger partial charge in [0.05, 0.1) is 30.3 Å². The number of likely N-dealkylation sites (N-methyl/N-ethyl adjacent to an activating group) is 1. The van der Waals surface area contributed by atoms with Crippen molar-refractivity contribution in [2.24, 2.45) is 17.6 Å². The number of allylic oxidation sites excluding steroid dienone is 1.